The van der Waals surface area contributed by atoms with Gasteiger partial charge < -0.3 is 0 Å². The number of nitrogens with zero attached hydrogens (tertiary/aromatic N) is 2. The minimum atomic E-state index is -2.96. The van der Waals surface area contributed by atoms with Crippen molar-refractivity contribution in [1.82, 2.24) is 9.34 Å². The predicted molar refractivity (Wildman–Crippen MR) is 97.6 cm³/mol. The molecule has 7 nitrogen and oxygen atoms in total. The minimum Gasteiger partial charge on any atom is -0.274 e. The Kier molecular flexibility index (Phi) is 5.46. The summed E-state index contributed by atoms with van der Waals surface area (Å²) < 4.78 is 2.04. The molecule has 23 heavy (non-hydrogen) atoms. The molecule has 0 radical (unpaired) electrons. The summed E-state index contributed by atoms with van der Waals surface area (Å²) in [6.45, 7) is 0. The van der Waals surface area contributed by atoms with E-state index in [1.807, 2.05) is 0 Å². The van der Waals surface area contributed by atoms with E-state index in [-0.39, 0.29) is 48.9 Å². The number of hydrogen-bond donors (Lipinski definition) is 2. The lowest BCUT2D eigenvalue weighted by Gasteiger charge is -2.33. The van der Waals surface area contributed by atoms with Crippen molar-refractivity contribution in [2.75, 3.05) is 11.4 Å². The number of carbonyl (C=O) groups excluding carboxylic acids is 5. The van der Waals surface area contributed by atoms with Gasteiger partial charge in [-0.2, -0.15) is 0 Å². The number of hydrogen-bond acceptors (Lipinski definition) is 7. The van der Waals surface area contributed by atoms with Crippen LogP contribution in [0.3, 0.4) is 0 Å². The summed E-state index contributed by atoms with van der Waals surface area (Å²) in [5.74, 6) is -1.65. The van der Waals surface area contributed by atoms with E-state index in [2.05, 4.69) is 31.2 Å². The van der Waals surface area contributed by atoms with Crippen LogP contribution in [0.25, 0.3) is 0 Å². The first kappa shape index (κ1) is 18.7. The first-order valence-corrected chi connectivity index (χ1v) is 12.9. The zero-order valence-electron chi connectivity index (χ0n) is 12.3. The molecule has 0 aromatic rings. The molecule has 0 aromatic carbocycles. The van der Waals surface area contributed by atoms with Crippen LogP contribution in [0.1, 0.15) is 25.7 Å². The molecule has 2 aliphatic heterocycles. The number of thiol groups is 2. The number of rotatable bonds is 6. The minimum absolute atomic E-state index is 0.0119. The summed E-state index contributed by atoms with van der Waals surface area (Å²) in [6, 6.07) is 0.586. The Bertz CT molecular complexity index is 623. The van der Waals surface area contributed by atoms with E-state index < -0.39 is 25.5 Å². The highest BCUT2D eigenvalue weighted by Crippen LogP contribution is 2.73. The Morgan fingerprint density at radius 3 is 1.87 bits per heavy atom. The van der Waals surface area contributed by atoms with Gasteiger partial charge in [-0.3, -0.25) is 28.6 Å². The van der Waals surface area contributed by atoms with Crippen molar-refractivity contribution in [2.45, 2.75) is 25.7 Å². The van der Waals surface area contributed by atoms with Crippen LogP contribution in [0, 0.1) is 0 Å². The van der Waals surface area contributed by atoms with E-state index in [4.69, 9.17) is 0 Å². The van der Waals surface area contributed by atoms with Gasteiger partial charge in [-0.25, -0.2) is 0 Å². The number of imide groups is 2. The maximum atomic E-state index is 12.0. The SMILES string of the molecule is C=P(S)(C[P+](C=O)(CS)N1C(=O)CCC1=O)N1C(=O)CCC1=O. The van der Waals surface area contributed by atoms with Crippen molar-refractivity contribution in [3.05, 3.63) is 0 Å². The van der Waals surface area contributed by atoms with Crippen molar-refractivity contribution in [3.63, 3.8) is 0 Å². The highest BCUT2D eigenvalue weighted by atomic mass is 32.7. The highest BCUT2D eigenvalue weighted by molar-refractivity contribution is 8.52. The van der Waals surface area contributed by atoms with Crippen LogP contribution >= 0.6 is 38.5 Å². The summed E-state index contributed by atoms with van der Waals surface area (Å²) in [7, 11) is -2.96. The molecule has 0 aromatic heterocycles. The summed E-state index contributed by atoms with van der Waals surface area (Å²) in [5, 5.41) is 0. The maximum Gasteiger partial charge on any atom is 0.280 e. The van der Waals surface area contributed by atoms with E-state index in [1.54, 1.807) is 0 Å². The molecule has 2 aliphatic rings. The van der Waals surface area contributed by atoms with Crippen molar-refractivity contribution >= 4 is 74.5 Å². The smallest absolute Gasteiger partial charge is 0.274 e. The molecule has 2 atom stereocenters. The van der Waals surface area contributed by atoms with Crippen LogP contribution in [-0.2, 0) is 24.0 Å². The third kappa shape index (κ3) is 3.29. The Morgan fingerprint density at radius 2 is 1.48 bits per heavy atom. The number of amides is 4. The lowest BCUT2D eigenvalue weighted by atomic mass is 10.4. The average molecular weight is 395 g/mol. The Hall–Kier alpha value is -0.620. The van der Waals surface area contributed by atoms with E-state index >= 15 is 0 Å². The molecule has 11 heteroatoms. The van der Waals surface area contributed by atoms with Crippen LogP contribution in [-0.4, -0.2) is 56.7 Å². The molecule has 2 unspecified atom stereocenters. The van der Waals surface area contributed by atoms with E-state index in [1.165, 1.54) is 0 Å². The van der Waals surface area contributed by atoms with Gasteiger partial charge in [0.05, 0.1) is 6.24 Å². The van der Waals surface area contributed by atoms with Gasteiger partial charge in [0, 0.05) is 25.7 Å². The molecule has 2 heterocycles. The summed E-state index contributed by atoms with van der Waals surface area (Å²) in [5.41, 5.74) is -0.0119. The van der Waals surface area contributed by atoms with Gasteiger partial charge in [-0.1, -0.05) is 6.30 Å². The van der Waals surface area contributed by atoms with E-state index in [9.17, 15) is 24.0 Å². The summed E-state index contributed by atoms with van der Waals surface area (Å²) in [4.78, 5) is 59.8. The van der Waals surface area contributed by atoms with Crippen molar-refractivity contribution < 1.29 is 24.0 Å². The van der Waals surface area contributed by atoms with Crippen LogP contribution in [0.4, 0.5) is 0 Å². The Morgan fingerprint density at radius 1 is 1.04 bits per heavy atom. The van der Waals surface area contributed by atoms with Gasteiger partial charge in [-0.05, 0) is 0 Å². The topological polar surface area (TPSA) is 91.8 Å². The fourth-order valence-electron chi connectivity index (χ4n) is 2.73. The third-order valence-electron chi connectivity index (χ3n) is 3.73. The van der Waals surface area contributed by atoms with Crippen molar-refractivity contribution in [1.29, 1.82) is 0 Å². The standard InChI is InChI=1S/C12H16N2O5P2S2/c1-20(23,13-9(16)2-3-10(13)17)7-21(6-15,8-22)14-11(18)4-5-12(14)19/h6H,1-5,7-8H2,(H-,22,23)/p+1. The van der Waals surface area contributed by atoms with E-state index in [0.717, 1.165) is 9.34 Å². The number of carbonyl (C=O) groups is 5. The highest BCUT2D eigenvalue weighted by Gasteiger charge is 2.56. The van der Waals surface area contributed by atoms with Gasteiger partial charge in [0.25, 0.3) is 17.8 Å². The normalized spacial score (nSPS) is 24.1. The molecule has 0 spiro atoms. The van der Waals surface area contributed by atoms with Crippen LogP contribution in [0.5, 0.6) is 0 Å². The monoisotopic (exact) mass is 395 g/mol. The van der Waals surface area contributed by atoms with Crippen LogP contribution in [0.2, 0.25) is 0 Å². The van der Waals surface area contributed by atoms with Gasteiger partial charge in [-0.15, -0.1) is 29.5 Å². The second-order valence-electron chi connectivity index (χ2n) is 5.45. The fourth-order valence-corrected chi connectivity index (χ4v) is 13.9. The van der Waals surface area contributed by atoms with Crippen LogP contribution in [0.15, 0.2) is 0 Å². The molecule has 2 rings (SSSR count). The lowest BCUT2D eigenvalue weighted by molar-refractivity contribution is -0.133. The first-order chi connectivity index (χ1) is 10.7. The molecule has 2 fully saturated rings. The van der Waals surface area contributed by atoms with Crippen LogP contribution < -0.4 is 0 Å². The third-order valence-corrected chi connectivity index (χ3v) is 14.0. The maximum absolute atomic E-state index is 12.0. The zero-order chi connectivity index (χ0) is 17.4. The molecule has 126 valence electrons. The van der Waals surface area contributed by atoms with Gasteiger partial charge >= 0.3 is 0 Å². The predicted octanol–water partition coefficient (Wildman–Crippen LogP) is 1.46. The lowest BCUT2D eigenvalue weighted by Crippen LogP contribution is -2.34. The molecule has 0 saturated carbocycles. The van der Waals surface area contributed by atoms with Gasteiger partial charge in [0.2, 0.25) is 19.2 Å². The molecule has 4 amide bonds. The quantitative estimate of drug-likeness (QED) is 0.308. The summed E-state index contributed by atoms with van der Waals surface area (Å²) in [6.07, 6.45) is 1.33. The largest absolute Gasteiger partial charge is 0.280 e. The second kappa shape index (κ2) is 6.71. The molecule has 0 bridgehead atoms. The Labute approximate surface area is 145 Å². The second-order valence-corrected chi connectivity index (χ2v) is 14.7. The van der Waals surface area contributed by atoms with Crippen molar-refractivity contribution in [3.8, 4) is 0 Å². The average Bonchev–Trinajstić information content (AvgIpc) is 3.00. The zero-order valence-corrected chi connectivity index (χ0v) is 15.8. The fraction of sp³-hybridized carbons (Fsp3) is 0.500. The molecular formula is C12H17N2O5P2S2+. The molecule has 0 N–H and O–H groups in total. The molecular weight excluding hydrogens is 378 g/mol. The van der Waals surface area contributed by atoms with E-state index in [0.29, 0.717) is 6.03 Å². The Balaban J connectivity index is 2.39. The first-order valence-electron chi connectivity index (χ1n) is 6.80. The van der Waals surface area contributed by atoms with Gasteiger partial charge in [0.15, 0.2) is 0 Å². The summed E-state index contributed by atoms with van der Waals surface area (Å²) >= 11 is 8.60. The van der Waals surface area contributed by atoms with Gasteiger partial charge in [0.1, 0.15) is 11.4 Å². The molecule has 2 saturated heterocycles. The van der Waals surface area contributed by atoms with Crippen molar-refractivity contribution in [2.24, 2.45) is 0 Å². The molecule has 0 aliphatic carbocycles.